The summed E-state index contributed by atoms with van der Waals surface area (Å²) in [5.74, 6) is -0.621. The summed E-state index contributed by atoms with van der Waals surface area (Å²) >= 11 is 0. The van der Waals surface area contributed by atoms with Crippen molar-refractivity contribution in [2.45, 2.75) is 38.0 Å². The average molecular weight is 366 g/mol. The summed E-state index contributed by atoms with van der Waals surface area (Å²) in [5, 5.41) is 9.10. The molecule has 26 heavy (non-hydrogen) atoms. The molecule has 6 nitrogen and oxygen atoms in total. The fourth-order valence-electron chi connectivity index (χ4n) is 3.47. The molecule has 0 radical (unpaired) electrons. The summed E-state index contributed by atoms with van der Waals surface area (Å²) in [6, 6.07) is 0.819. The molecule has 2 aromatic rings. The summed E-state index contributed by atoms with van der Waals surface area (Å²) < 4.78 is 46.3. The highest BCUT2D eigenvalue weighted by Gasteiger charge is 2.38. The molecule has 3 heterocycles. The number of aryl methyl sites for hydroxylation is 2. The number of nitrogens with zero attached hydrogens (tertiary/aromatic N) is 2. The van der Waals surface area contributed by atoms with Gasteiger partial charge in [-0.1, -0.05) is 0 Å². The van der Waals surface area contributed by atoms with Crippen LogP contribution in [-0.4, -0.2) is 40.3 Å². The zero-order valence-corrected chi connectivity index (χ0v) is 13.8. The summed E-state index contributed by atoms with van der Waals surface area (Å²) in [6.07, 6.45) is -0.554. The topological polar surface area (TPSA) is 79.9 Å². The van der Waals surface area contributed by atoms with Crippen molar-refractivity contribution in [1.82, 2.24) is 20.5 Å². The van der Waals surface area contributed by atoms with Crippen molar-refractivity contribution in [3.8, 4) is 11.3 Å². The van der Waals surface area contributed by atoms with E-state index in [0.717, 1.165) is 24.5 Å². The van der Waals surface area contributed by atoms with Gasteiger partial charge in [0.05, 0.1) is 29.3 Å². The van der Waals surface area contributed by atoms with Gasteiger partial charge in [0, 0.05) is 18.7 Å². The van der Waals surface area contributed by atoms with Crippen LogP contribution in [0.25, 0.3) is 11.3 Å². The zero-order valence-electron chi connectivity index (χ0n) is 13.8. The van der Waals surface area contributed by atoms with Gasteiger partial charge in [-0.3, -0.25) is 9.89 Å². The fourth-order valence-corrected chi connectivity index (χ4v) is 3.47. The van der Waals surface area contributed by atoms with Gasteiger partial charge < -0.3 is 10.1 Å². The van der Waals surface area contributed by atoms with Gasteiger partial charge in [0.25, 0.3) is 5.91 Å². The van der Waals surface area contributed by atoms with Crippen LogP contribution in [0.3, 0.4) is 0 Å². The van der Waals surface area contributed by atoms with Gasteiger partial charge in [-0.25, -0.2) is 4.98 Å². The molecule has 0 bridgehead atoms. The zero-order chi connectivity index (χ0) is 18.3. The van der Waals surface area contributed by atoms with Crippen LogP contribution in [0.2, 0.25) is 0 Å². The van der Waals surface area contributed by atoms with Crippen molar-refractivity contribution < 1.29 is 22.7 Å². The third-order valence-electron chi connectivity index (χ3n) is 4.75. The number of carbonyl (C=O) groups excluding carboxylic acids is 1. The molecule has 0 spiro atoms. The Labute approximate surface area is 147 Å². The summed E-state index contributed by atoms with van der Waals surface area (Å²) in [7, 11) is 0. The Morgan fingerprint density at radius 1 is 1.38 bits per heavy atom. The Balaban J connectivity index is 1.68. The second-order valence-electron chi connectivity index (χ2n) is 6.49. The molecular formula is C17H17F3N4O2. The number of hydrogen-bond acceptors (Lipinski definition) is 4. The lowest BCUT2D eigenvalue weighted by Crippen LogP contribution is -2.33. The second kappa shape index (κ2) is 6.39. The number of aromatic nitrogens is 3. The maximum Gasteiger partial charge on any atom is 0.417 e. The lowest BCUT2D eigenvalue weighted by molar-refractivity contribution is -0.137. The normalized spacial score (nSPS) is 19.1. The van der Waals surface area contributed by atoms with Gasteiger partial charge in [0.1, 0.15) is 5.69 Å². The first kappa shape index (κ1) is 17.0. The van der Waals surface area contributed by atoms with E-state index in [4.69, 9.17) is 4.74 Å². The third kappa shape index (κ3) is 3.07. The van der Waals surface area contributed by atoms with Crippen LogP contribution in [0, 0.1) is 0 Å². The van der Waals surface area contributed by atoms with Crippen LogP contribution in [0.15, 0.2) is 12.3 Å². The summed E-state index contributed by atoms with van der Waals surface area (Å²) in [5.41, 5.74) is 0.218. The lowest BCUT2D eigenvalue weighted by atomic mass is 9.90. The molecule has 9 heteroatoms. The highest BCUT2D eigenvalue weighted by Crippen LogP contribution is 2.41. The summed E-state index contributed by atoms with van der Waals surface area (Å²) in [4.78, 5) is 16.6. The van der Waals surface area contributed by atoms with Gasteiger partial charge in [-0.2, -0.15) is 18.3 Å². The van der Waals surface area contributed by atoms with Crippen LogP contribution < -0.4 is 5.32 Å². The molecule has 2 N–H and O–H groups in total. The molecule has 2 aromatic heterocycles. The minimum Gasteiger partial charge on any atom is -0.376 e. The van der Waals surface area contributed by atoms with Crippen molar-refractivity contribution in [1.29, 1.82) is 0 Å². The van der Waals surface area contributed by atoms with E-state index in [2.05, 4.69) is 20.5 Å². The standard InChI is InChI=1S/C17H17F3N4O2/c18-17(19,20)11-6-13(16(25)21-8-10-2-1-5-26-10)23-12-4-3-9-7-22-24-15(9)14(11)12/h6-7,10H,1-5,8H2,(H,21,25)(H,22,24)/t10-/m0/s1. The number of pyridine rings is 1. The van der Waals surface area contributed by atoms with Gasteiger partial charge in [0.15, 0.2) is 0 Å². The number of aromatic amines is 1. The highest BCUT2D eigenvalue weighted by atomic mass is 19.4. The molecule has 0 unspecified atom stereocenters. The van der Waals surface area contributed by atoms with Gasteiger partial charge in [-0.05, 0) is 37.3 Å². The van der Waals surface area contributed by atoms with Gasteiger partial charge >= 0.3 is 6.18 Å². The number of alkyl halides is 3. The number of fused-ring (bicyclic) bond motifs is 3. The van der Waals surface area contributed by atoms with Gasteiger partial charge in [0.2, 0.25) is 0 Å². The minimum absolute atomic E-state index is 0.00748. The largest absolute Gasteiger partial charge is 0.417 e. The maximum absolute atomic E-state index is 13.6. The maximum atomic E-state index is 13.6. The first-order chi connectivity index (χ1) is 12.4. The van der Waals surface area contributed by atoms with E-state index in [0.29, 0.717) is 25.1 Å². The van der Waals surface area contributed by atoms with Crippen molar-refractivity contribution in [3.05, 3.63) is 34.8 Å². The van der Waals surface area contributed by atoms with Crippen LogP contribution in [-0.2, 0) is 23.8 Å². The average Bonchev–Trinajstić information content (AvgIpc) is 3.28. The predicted octanol–water partition coefficient (Wildman–Crippen LogP) is 2.50. The minimum atomic E-state index is -4.60. The van der Waals surface area contributed by atoms with Gasteiger partial charge in [-0.15, -0.1) is 0 Å². The van der Waals surface area contributed by atoms with E-state index in [9.17, 15) is 18.0 Å². The molecule has 2 aliphatic rings. The number of H-pyrrole nitrogens is 1. The predicted molar refractivity (Wildman–Crippen MR) is 85.5 cm³/mol. The SMILES string of the molecule is O=C(NC[C@@H]1CCCO1)c1cc(C(F)(F)F)c2c(n1)CCc1cn[nH]c1-2. The van der Waals surface area contributed by atoms with E-state index in [1.54, 1.807) is 0 Å². The smallest absolute Gasteiger partial charge is 0.376 e. The quantitative estimate of drug-likeness (QED) is 0.875. The fraction of sp³-hybridized carbons (Fsp3) is 0.471. The molecule has 4 rings (SSSR count). The molecule has 1 amide bonds. The van der Waals surface area contributed by atoms with Crippen LogP contribution in [0.5, 0.6) is 0 Å². The van der Waals surface area contributed by atoms with E-state index in [1.807, 2.05) is 0 Å². The third-order valence-corrected chi connectivity index (χ3v) is 4.75. The number of ether oxygens (including phenoxy) is 1. The molecule has 1 fully saturated rings. The Morgan fingerprint density at radius 3 is 2.96 bits per heavy atom. The van der Waals surface area contributed by atoms with E-state index < -0.39 is 17.6 Å². The molecule has 1 saturated heterocycles. The Hall–Kier alpha value is -2.42. The highest BCUT2D eigenvalue weighted by molar-refractivity contribution is 5.93. The molecule has 0 saturated carbocycles. The number of nitrogens with one attached hydrogen (secondary N) is 2. The molecule has 1 atom stereocenters. The number of rotatable bonds is 3. The van der Waals surface area contributed by atoms with E-state index in [-0.39, 0.29) is 29.6 Å². The monoisotopic (exact) mass is 366 g/mol. The first-order valence-corrected chi connectivity index (χ1v) is 8.47. The van der Waals surface area contributed by atoms with E-state index in [1.165, 1.54) is 6.20 Å². The van der Waals surface area contributed by atoms with Crippen molar-refractivity contribution >= 4 is 5.91 Å². The number of hydrogen-bond donors (Lipinski definition) is 2. The molecule has 0 aromatic carbocycles. The number of halogens is 3. The molecule has 138 valence electrons. The number of carbonyl (C=O) groups is 1. The molecule has 1 aliphatic heterocycles. The van der Waals surface area contributed by atoms with Crippen LogP contribution in [0.4, 0.5) is 13.2 Å². The first-order valence-electron chi connectivity index (χ1n) is 8.47. The van der Waals surface area contributed by atoms with Crippen molar-refractivity contribution in [2.75, 3.05) is 13.2 Å². The molecule has 1 aliphatic carbocycles. The summed E-state index contributed by atoms with van der Waals surface area (Å²) in [6.45, 7) is 0.909. The van der Waals surface area contributed by atoms with Crippen LogP contribution in [0.1, 0.15) is 40.2 Å². The lowest BCUT2D eigenvalue weighted by Gasteiger charge is -2.21. The van der Waals surface area contributed by atoms with E-state index >= 15 is 0 Å². The molecular weight excluding hydrogens is 349 g/mol. The number of amides is 1. The Morgan fingerprint density at radius 2 is 2.23 bits per heavy atom. The van der Waals surface area contributed by atoms with Crippen LogP contribution >= 0.6 is 0 Å². The Bertz CT molecular complexity index is 841. The Kier molecular flexibility index (Phi) is 4.18. The second-order valence-corrected chi connectivity index (χ2v) is 6.49. The van der Waals surface area contributed by atoms with Crippen molar-refractivity contribution in [2.24, 2.45) is 0 Å². The van der Waals surface area contributed by atoms with Crippen molar-refractivity contribution in [3.63, 3.8) is 0 Å².